The van der Waals surface area contributed by atoms with E-state index in [0.29, 0.717) is 16.8 Å². The summed E-state index contributed by atoms with van der Waals surface area (Å²) in [6, 6.07) is 14.5. The number of nitrogens with zero attached hydrogens (tertiary/aromatic N) is 1. The zero-order chi connectivity index (χ0) is 23.8. The van der Waals surface area contributed by atoms with Crippen molar-refractivity contribution in [3.05, 3.63) is 59.7 Å². The molecule has 3 N–H and O–H groups in total. The van der Waals surface area contributed by atoms with E-state index in [1.54, 1.807) is 36.4 Å². The molecule has 1 aliphatic carbocycles. The van der Waals surface area contributed by atoms with Crippen LogP contribution in [0.1, 0.15) is 72.1 Å². The molecule has 1 aliphatic heterocycles. The van der Waals surface area contributed by atoms with Crippen molar-refractivity contribution >= 4 is 29.1 Å². The molecule has 1 saturated heterocycles. The number of benzene rings is 2. The highest BCUT2D eigenvalue weighted by Crippen LogP contribution is 2.19. The van der Waals surface area contributed by atoms with E-state index < -0.39 is 0 Å². The molecule has 7 heteroatoms. The van der Waals surface area contributed by atoms with Crippen LogP contribution in [0.4, 0.5) is 11.4 Å². The molecule has 0 unspecified atom stereocenters. The van der Waals surface area contributed by atoms with E-state index in [2.05, 4.69) is 16.0 Å². The molecule has 2 fully saturated rings. The maximum Gasteiger partial charge on any atom is 0.253 e. The lowest BCUT2D eigenvalue weighted by Gasteiger charge is -2.26. The Morgan fingerprint density at radius 3 is 2.00 bits per heavy atom. The molecule has 0 radical (unpaired) electrons. The van der Waals surface area contributed by atoms with E-state index in [9.17, 15) is 14.4 Å². The normalized spacial score (nSPS) is 16.5. The van der Waals surface area contributed by atoms with Crippen molar-refractivity contribution in [2.24, 2.45) is 0 Å². The van der Waals surface area contributed by atoms with Crippen LogP contribution in [0.15, 0.2) is 48.5 Å². The molecule has 2 aliphatic rings. The number of nitrogens with one attached hydrogen (secondary N) is 3. The minimum absolute atomic E-state index is 0.0431. The van der Waals surface area contributed by atoms with Crippen LogP contribution in [0.3, 0.4) is 0 Å². The average Bonchev–Trinajstić information content (AvgIpc) is 2.89. The topological polar surface area (TPSA) is 90.5 Å². The Balaban J connectivity index is 1.22. The van der Waals surface area contributed by atoms with Gasteiger partial charge in [0.15, 0.2) is 0 Å². The van der Waals surface area contributed by atoms with Gasteiger partial charge in [-0.05, 0) is 80.6 Å². The minimum atomic E-state index is -0.186. The van der Waals surface area contributed by atoms with E-state index in [-0.39, 0.29) is 30.3 Å². The van der Waals surface area contributed by atoms with E-state index in [1.165, 1.54) is 25.7 Å². The van der Waals surface area contributed by atoms with Crippen LogP contribution in [0.2, 0.25) is 0 Å². The van der Waals surface area contributed by atoms with Gasteiger partial charge in [0.1, 0.15) is 0 Å². The predicted molar refractivity (Wildman–Crippen MR) is 134 cm³/mol. The van der Waals surface area contributed by atoms with Gasteiger partial charge in [-0.15, -0.1) is 0 Å². The fraction of sp³-hybridized carbons (Fsp3) is 0.444. The highest BCUT2D eigenvalue weighted by Gasteiger charge is 2.18. The van der Waals surface area contributed by atoms with Gasteiger partial charge in [0.05, 0.1) is 6.54 Å². The Kier molecular flexibility index (Phi) is 8.17. The molecule has 34 heavy (non-hydrogen) atoms. The predicted octanol–water partition coefficient (Wildman–Crippen LogP) is 4.43. The van der Waals surface area contributed by atoms with Crippen LogP contribution < -0.4 is 16.0 Å². The van der Waals surface area contributed by atoms with Crippen LogP contribution in [-0.2, 0) is 4.79 Å². The number of anilines is 2. The highest BCUT2D eigenvalue weighted by atomic mass is 16.2. The van der Waals surface area contributed by atoms with E-state index >= 15 is 0 Å². The number of hydrogen-bond acceptors (Lipinski definition) is 4. The highest BCUT2D eigenvalue weighted by molar-refractivity contribution is 5.97. The molecule has 0 aromatic heterocycles. The average molecular weight is 463 g/mol. The van der Waals surface area contributed by atoms with Crippen LogP contribution in [-0.4, -0.2) is 48.3 Å². The quantitative estimate of drug-likeness (QED) is 0.568. The van der Waals surface area contributed by atoms with Crippen LogP contribution in [0, 0.1) is 0 Å². The Morgan fingerprint density at radius 2 is 1.32 bits per heavy atom. The van der Waals surface area contributed by atoms with Crippen LogP contribution >= 0.6 is 0 Å². The Morgan fingerprint density at radius 1 is 0.735 bits per heavy atom. The van der Waals surface area contributed by atoms with Crippen molar-refractivity contribution in [1.29, 1.82) is 0 Å². The second kappa shape index (κ2) is 11.7. The summed E-state index contributed by atoms with van der Waals surface area (Å²) in [5.41, 5.74) is 2.69. The van der Waals surface area contributed by atoms with Gasteiger partial charge >= 0.3 is 0 Å². The van der Waals surface area contributed by atoms with Gasteiger partial charge in [-0.3, -0.25) is 14.4 Å². The van der Waals surface area contributed by atoms with Crippen molar-refractivity contribution in [3.8, 4) is 0 Å². The number of carbonyl (C=O) groups excluding carboxylic acids is 3. The summed E-state index contributed by atoms with van der Waals surface area (Å²) >= 11 is 0. The zero-order valence-corrected chi connectivity index (χ0v) is 19.6. The first-order chi connectivity index (χ1) is 16.6. The van der Waals surface area contributed by atoms with E-state index in [1.807, 2.05) is 17.0 Å². The SMILES string of the molecule is O=C(CNc1ccc(C(=O)NC2CCCCC2)cc1)Nc1ccc(C(=O)N2CCCCC2)cc1. The lowest BCUT2D eigenvalue weighted by atomic mass is 9.95. The molecular weight excluding hydrogens is 428 g/mol. The smallest absolute Gasteiger partial charge is 0.253 e. The molecule has 4 rings (SSSR count). The second-order valence-electron chi connectivity index (χ2n) is 9.22. The van der Waals surface area contributed by atoms with Crippen LogP contribution in [0.25, 0.3) is 0 Å². The number of piperidine rings is 1. The Labute approximate surface area is 201 Å². The molecule has 2 aromatic carbocycles. The van der Waals surface area contributed by atoms with Gasteiger partial charge in [-0.1, -0.05) is 19.3 Å². The summed E-state index contributed by atoms with van der Waals surface area (Å²) in [5, 5.41) is 9.04. The summed E-state index contributed by atoms with van der Waals surface area (Å²) in [4.78, 5) is 39.2. The third-order valence-electron chi connectivity index (χ3n) is 6.60. The van der Waals surface area contributed by atoms with Gasteiger partial charge in [-0.2, -0.15) is 0 Å². The fourth-order valence-electron chi connectivity index (χ4n) is 4.62. The lowest BCUT2D eigenvalue weighted by Crippen LogP contribution is -2.36. The summed E-state index contributed by atoms with van der Waals surface area (Å²) < 4.78 is 0. The largest absolute Gasteiger partial charge is 0.376 e. The molecule has 1 heterocycles. The standard InChI is InChI=1S/C27H34N4O3/c32-25(29-24-15-11-21(12-16-24)27(34)31-17-5-2-6-18-31)19-28-22-13-9-20(10-14-22)26(33)30-23-7-3-1-4-8-23/h9-16,23,28H,1-8,17-19H2,(H,29,32)(H,30,33). The van der Waals surface area contributed by atoms with Crippen LogP contribution in [0.5, 0.6) is 0 Å². The molecular formula is C27H34N4O3. The van der Waals surface area contributed by atoms with Crippen molar-refractivity contribution in [3.63, 3.8) is 0 Å². The first-order valence-electron chi connectivity index (χ1n) is 12.4. The number of amides is 3. The van der Waals surface area contributed by atoms with E-state index in [0.717, 1.165) is 44.5 Å². The fourth-order valence-corrected chi connectivity index (χ4v) is 4.62. The molecule has 7 nitrogen and oxygen atoms in total. The van der Waals surface area contributed by atoms with Crippen molar-refractivity contribution in [2.75, 3.05) is 30.3 Å². The third kappa shape index (κ3) is 6.59. The van der Waals surface area contributed by atoms with Crippen molar-refractivity contribution in [2.45, 2.75) is 57.4 Å². The summed E-state index contributed by atoms with van der Waals surface area (Å²) in [6.07, 6.45) is 9.02. The Bertz CT molecular complexity index is 976. The maximum absolute atomic E-state index is 12.6. The Hall–Kier alpha value is -3.35. The van der Waals surface area contributed by atoms with Gasteiger partial charge in [0.2, 0.25) is 5.91 Å². The molecule has 2 aromatic rings. The molecule has 1 saturated carbocycles. The molecule has 0 atom stereocenters. The van der Waals surface area contributed by atoms with Gasteiger partial charge < -0.3 is 20.9 Å². The molecule has 3 amide bonds. The first-order valence-corrected chi connectivity index (χ1v) is 12.4. The molecule has 180 valence electrons. The number of likely N-dealkylation sites (tertiary alicyclic amines) is 1. The van der Waals surface area contributed by atoms with Gasteiger partial charge in [0, 0.05) is 41.6 Å². The molecule has 0 spiro atoms. The lowest BCUT2D eigenvalue weighted by molar-refractivity contribution is -0.114. The van der Waals surface area contributed by atoms with Crippen molar-refractivity contribution < 1.29 is 14.4 Å². The summed E-state index contributed by atoms with van der Waals surface area (Å²) in [7, 11) is 0. The van der Waals surface area contributed by atoms with Gasteiger partial charge in [0.25, 0.3) is 11.8 Å². The maximum atomic E-state index is 12.6. The second-order valence-corrected chi connectivity index (χ2v) is 9.22. The number of rotatable bonds is 7. The third-order valence-corrected chi connectivity index (χ3v) is 6.60. The monoisotopic (exact) mass is 462 g/mol. The first kappa shape index (κ1) is 23.8. The van der Waals surface area contributed by atoms with Gasteiger partial charge in [-0.25, -0.2) is 0 Å². The zero-order valence-electron chi connectivity index (χ0n) is 19.6. The number of carbonyl (C=O) groups is 3. The van der Waals surface area contributed by atoms with E-state index in [4.69, 9.17) is 0 Å². The minimum Gasteiger partial charge on any atom is -0.376 e. The summed E-state index contributed by atoms with van der Waals surface area (Å²) in [5.74, 6) is -0.178. The molecule has 0 bridgehead atoms. The van der Waals surface area contributed by atoms with Crippen molar-refractivity contribution in [1.82, 2.24) is 10.2 Å². The number of hydrogen-bond donors (Lipinski definition) is 3. The summed E-state index contributed by atoms with van der Waals surface area (Å²) in [6.45, 7) is 1.73.